The van der Waals surface area contributed by atoms with E-state index in [-0.39, 0.29) is 0 Å². The number of aromatic nitrogens is 1. The van der Waals surface area contributed by atoms with Crippen LogP contribution in [-0.2, 0) is 0 Å². The molecule has 7 heteroatoms. The Morgan fingerprint density at radius 2 is 2.14 bits per heavy atom. The summed E-state index contributed by atoms with van der Waals surface area (Å²) in [6.07, 6.45) is -2.99. The van der Waals surface area contributed by atoms with Gasteiger partial charge in [0, 0.05) is 0 Å². The largest absolute Gasteiger partial charge is 0.394 e. The number of nitrogens with two attached hydrogens (primary N) is 1. The Morgan fingerprint density at radius 3 is 2.57 bits per heavy atom. The highest BCUT2D eigenvalue weighted by atomic mass is 35.5. The number of carbonyl (C=O) groups is 1. The number of halogens is 4. The lowest BCUT2D eigenvalue weighted by Gasteiger charge is -2.04. The van der Waals surface area contributed by atoms with Gasteiger partial charge in [0.25, 0.3) is 11.7 Å². The molecular weight excluding hydrogens is 221 g/mol. The number of hydrogen-bond donors (Lipinski definition) is 1. The Kier molecular flexibility index (Phi) is 2.95. The molecule has 1 heterocycles. The number of nitrogens with zero attached hydrogens (tertiary/aromatic N) is 1. The van der Waals surface area contributed by atoms with Gasteiger partial charge in [0.2, 0.25) is 5.95 Å². The van der Waals surface area contributed by atoms with Gasteiger partial charge in [0.05, 0.1) is 11.3 Å². The smallest absolute Gasteiger partial charge is 0.280 e. The second-order valence-corrected chi connectivity index (χ2v) is 2.72. The Hall–Kier alpha value is -1.30. The van der Waals surface area contributed by atoms with Crippen molar-refractivity contribution in [2.45, 2.75) is 6.43 Å². The summed E-state index contributed by atoms with van der Waals surface area (Å²) in [6, 6.07) is 0.665. The van der Waals surface area contributed by atoms with Crippen molar-refractivity contribution in [2.24, 2.45) is 0 Å². The van der Waals surface area contributed by atoms with Crippen LogP contribution in [0.4, 0.5) is 18.9 Å². The molecule has 0 spiro atoms. The van der Waals surface area contributed by atoms with Gasteiger partial charge in [-0.2, -0.15) is 4.39 Å². The van der Waals surface area contributed by atoms with Crippen LogP contribution in [0, 0.1) is 5.95 Å². The van der Waals surface area contributed by atoms with E-state index in [0.29, 0.717) is 6.07 Å². The third kappa shape index (κ3) is 1.95. The zero-order chi connectivity index (χ0) is 10.9. The molecule has 0 radical (unpaired) electrons. The van der Waals surface area contributed by atoms with Crippen LogP contribution in [0.2, 0.25) is 0 Å². The van der Waals surface area contributed by atoms with Crippen LogP contribution in [0.25, 0.3) is 0 Å². The Balaban J connectivity index is 3.35. The highest BCUT2D eigenvalue weighted by molar-refractivity contribution is 6.68. The van der Waals surface area contributed by atoms with E-state index >= 15 is 0 Å². The molecule has 0 aliphatic heterocycles. The average molecular weight is 225 g/mol. The minimum Gasteiger partial charge on any atom is -0.394 e. The van der Waals surface area contributed by atoms with Crippen LogP contribution in [0.3, 0.4) is 0 Å². The number of alkyl halides is 2. The topological polar surface area (TPSA) is 56.0 Å². The lowest BCUT2D eigenvalue weighted by Crippen LogP contribution is -2.06. The Bertz CT molecular complexity index is 383. The molecule has 1 rings (SSSR count). The minimum absolute atomic E-state index is 0.505. The molecule has 0 amide bonds. The van der Waals surface area contributed by atoms with Gasteiger partial charge < -0.3 is 5.73 Å². The number of anilines is 1. The van der Waals surface area contributed by atoms with Crippen molar-refractivity contribution in [3.8, 4) is 0 Å². The zero-order valence-electron chi connectivity index (χ0n) is 6.60. The van der Waals surface area contributed by atoms with Gasteiger partial charge in [-0.25, -0.2) is 13.8 Å². The number of pyridine rings is 1. The predicted octanol–water partition coefficient (Wildman–Crippen LogP) is 2.12. The van der Waals surface area contributed by atoms with Crippen molar-refractivity contribution in [3.05, 3.63) is 23.3 Å². The molecule has 0 unspecified atom stereocenters. The molecule has 1 aromatic heterocycles. The number of hydrogen-bond acceptors (Lipinski definition) is 3. The zero-order valence-corrected chi connectivity index (χ0v) is 7.36. The van der Waals surface area contributed by atoms with Gasteiger partial charge in [0.1, 0.15) is 5.69 Å². The van der Waals surface area contributed by atoms with E-state index in [1.165, 1.54) is 0 Å². The van der Waals surface area contributed by atoms with Gasteiger partial charge >= 0.3 is 0 Å². The normalized spacial score (nSPS) is 10.6. The van der Waals surface area contributed by atoms with Gasteiger partial charge in [-0.05, 0) is 17.7 Å². The van der Waals surface area contributed by atoms with Crippen LogP contribution in [0.1, 0.15) is 22.5 Å². The molecule has 3 nitrogen and oxygen atoms in total. The molecule has 0 atom stereocenters. The first-order chi connectivity index (χ1) is 6.43. The molecule has 0 bridgehead atoms. The molecule has 2 N–H and O–H groups in total. The minimum atomic E-state index is -2.99. The first-order valence-corrected chi connectivity index (χ1v) is 3.75. The van der Waals surface area contributed by atoms with Gasteiger partial charge in [-0.3, -0.25) is 4.79 Å². The number of rotatable bonds is 2. The Morgan fingerprint density at radius 1 is 1.57 bits per heavy atom. The van der Waals surface area contributed by atoms with E-state index in [1.54, 1.807) is 0 Å². The molecule has 0 saturated carbocycles. The quantitative estimate of drug-likeness (QED) is 0.618. The van der Waals surface area contributed by atoms with E-state index < -0.39 is 34.6 Å². The highest BCUT2D eigenvalue weighted by Crippen LogP contribution is 2.23. The fraction of sp³-hybridized carbons (Fsp3) is 0.143. The van der Waals surface area contributed by atoms with E-state index in [9.17, 15) is 18.0 Å². The van der Waals surface area contributed by atoms with Crippen molar-refractivity contribution in [1.29, 1.82) is 0 Å². The predicted molar refractivity (Wildman–Crippen MR) is 43.7 cm³/mol. The molecule has 0 fully saturated rings. The summed E-state index contributed by atoms with van der Waals surface area (Å²) in [5.41, 5.74) is 3.06. The Labute approximate surface area is 81.7 Å². The third-order valence-electron chi connectivity index (χ3n) is 1.47. The van der Waals surface area contributed by atoms with Crippen LogP contribution < -0.4 is 5.73 Å². The molecule has 76 valence electrons. The second-order valence-electron chi connectivity index (χ2n) is 2.37. The van der Waals surface area contributed by atoms with Crippen LogP contribution in [-0.4, -0.2) is 10.2 Å². The number of nitrogen functional groups attached to an aromatic ring is 1. The van der Waals surface area contributed by atoms with Crippen molar-refractivity contribution < 1.29 is 18.0 Å². The third-order valence-corrected chi connectivity index (χ3v) is 1.67. The van der Waals surface area contributed by atoms with E-state index in [4.69, 9.17) is 17.3 Å². The molecule has 1 aromatic rings. The van der Waals surface area contributed by atoms with Gasteiger partial charge in [-0.15, -0.1) is 0 Å². The maximum atomic E-state index is 12.8. The van der Waals surface area contributed by atoms with E-state index in [1.807, 2.05) is 0 Å². The summed E-state index contributed by atoms with van der Waals surface area (Å²) in [6.45, 7) is 0. The molecule has 0 aromatic carbocycles. The van der Waals surface area contributed by atoms with Crippen LogP contribution in [0.5, 0.6) is 0 Å². The van der Waals surface area contributed by atoms with E-state index in [2.05, 4.69) is 4.98 Å². The van der Waals surface area contributed by atoms with Crippen LogP contribution >= 0.6 is 11.6 Å². The molecular formula is C7H4ClF3N2O. The molecule has 0 aliphatic rings. The highest BCUT2D eigenvalue weighted by Gasteiger charge is 2.18. The average Bonchev–Trinajstić information content (AvgIpc) is 2.08. The van der Waals surface area contributed by atoms with Crippen LogP contribution in [0.15, 0.2) is 6.07 Å². The lowest BCUT2D eigenvalue weighted by atomic mass is 10.2. The van der Waals surface area contributed by atoms with Crippen molar-refractivity contribution >= 4 is 22.5 Å². The maximum Gasteiger partial charge on any atom is 0.280 e. The summed E-state index contributed by atoms with van der Waals surface area (Å²) in [7, 11) is 0. The fourth-order valence-corrected chi connectivity index (χ4v) is 0.973. The molecule has 0 aliphatic carbocycles. The van der Waals surface area contributed by atoms with Crippen molar-refractivity contribution in [2.75, 3.05) is 5.73 Å². The van der Waals surface area contributed by atoms with E-state index in [0.717, 1.165) is 0 Å². The van der Waals surface area contributed by atoms with Crippen molar-refractivity contribution in [3.63, 3.8) is 0 Å². The molecule has 0 saturated heterocycles. The standard InChI is InChI=1S/C7H4ClF3N2O/c8-5(14)2-1-3(6(9)10)13-7(11)4(2)12/h1,6H,12H2. The first-order valence-electron chi connectivity index (χ1n) is 3.37. The first kappa shape index (κ1) is 10.8. The second kappa shape index (κ2) is 3.83. The molecule has 14 heavy (non-hydrogen) atoms. The maximum absolute atomic E-state index is 12.8. The number of carbonyl (C=O) groups excluding carboxylic acids is 1. The monoisotopic (exact) mass is 224 g/mol. The van der Waals surface area contributed by atoms with Gasteiger partial charge in [-0.1, -0.05) is 0 Å². The summed E-state index contributed by atoms with van der Waals surface area (Å²) in [5.74, 6) is -1.33. The summed E-state index contributed by atoms with van der Waals surface area (Å²) < 4.78 is 37.0. The lowest BCUT2D eigenvalue weighted by molar-refractivity contribution is 0.108. The SMILES string of the molecule is Nc1c(C(=O)Cl)cc(C(F)F)nc1F. The summed E-state index contributed by atoms with van der Waals surface area (Å²) in [5, 5.41) is -1.11. The summed E-state index contributed by atoms with van der Waals surface area (Å²) in [4.78, 5) is 13.5. The fourth-order valence-electron chi connectivity index (χ4n) is 0.817. The van der Waals surface area contributed by atoms with Gasteiger partial charge in [0.15, 0.2) is 0 Å². The van der Waals surface area contributed by atoms with Crippen molar-refractivity contribution in [1.82, 2.24) is 4.98 Å². The summed E-state index contributed by atoms with van der Waals surface area (Å²) >= 11 is 5.00.